The molecule has 0 unspecified atom stereocenters. The molecule has 4 nitrogen and oxygen atoms in total. The summed E-state index contributed by atoms with van der Waals surface area (Å²) in [5.74, 6) is 0.414. The van der Waals surface area contributed by atoms with Gasteiger partial charge in [0.25, 0.3) is 0 Å². The highest BCUT2D eigenvalue weighted by Gasteiger charge is 2.15. The Morgan fingerprint density at radius 2 is 1.59 bits per heavy atom. The maximum Gasteiger partial charge on any atom is 0.229 e. The molecule has 1 amide bonds. The number of oxazole rings is 1. The number of para-hydroxylation sites is 1. The molecule has 140 valence electrons. The van der Waals surface area contributed by atoms with E-state index < -0.39 is 0 Å². The van der Waals surface area contributed by atoms with Gasteiger partial charge in [0.15, 0.2) is 5.58 Å². The molecule has 5 rings (SSSR count). The van der Waals surface area contributed by atoms with E-state index in [1.165, 1.54) is 0 Å². The van der Waals surface area contributed by atoms with Crippen LogP contribution in [0.3, 0.4) is 0 Å². The number of anilines is 1. The second kappa shape index (κ2) is 7.24. The van der Waals surface area contributed by atoms with Crippen molar-refractivity contribution in [3.05, 3.63) is 96.6 Å². The minimum atomic E-state index is -0.0785. The van der Waals surface area contributed by atoms with Crippen LogP contribution in [0.4, 0.5) is 5.69 Å². The Labute approximate surface area is 167 Å². The second-order valence-electron chi connectivity index (χ2n) is 6.91. The molecule has 0 spiro atoms. The molecule has 0 fully saturated rings. The van der Waals surface area contributed by atoms with Crippen LogP contribution in [0.5, 0.6) is 0 Å². The van der Waals surface area contributed by atoms with Gasteiger partial charge in [-0.05, 0) is 29.1 Å². The zero-order valence-electron chi connectivity index (χ0n) is 15.6. The molecule has 0 saturated carbocycles. The van der Waals surface area contributed by atoms with E-state index in [9.17, 15) is 4.79 Å². The van der Waals surface area contributed by atoms with Gasteiger partial charge in [0.05, 0.1) is 17.7 Å². The molecule has 1 heterocycles. The predicted octanol–water partition coefficient (Wildman–Crippen LogP) is 5.83. The number of nitrogens with one attached hydrogen (secondary N) is 1. The summed E-state index contributed by atoms with van der Waals surface area (Å²) in [5.41, 5.74) is 3.96. The van der Waals surface area contributed by atoms with Crippen LogP contribution in [0.2, 0.25) is 0 Å². The highest BCUT2D eigenvalue weighted by molar-refractivity contribution is 6.04. The van der Waals surface area contributed by atoms with E-state index >= 15 is 0 Å². The minimum Gasteiger partial charge on any atom is -0.435 e. The van der Waals surface area contributed by atoms with Crippen molar-refractivity contribution in [1.82, 2.24) is 4.98 Å². The molecule has 29 heavy (non-hydrogen) atoms. The topological polar surface area (TPSA) is 55.1 Å². The minimum absolute atomic E-state index is 0.0785. The Morgan fingerprint density at radius 1 is 0.828 bits per heavy atom. The maximum absolute atomic E-state index is 12.6. The van der Waals surface area contributed by atoms with Gasteiger partial charge >= 0.3 is 0 Å². The molecule has 0 aliphatic rings. The Bertz CT molecular complexity index is 1320. The largest absolute Gasteiger partial charge is 0.435 e. The van der Waals surface area contributed by atoms with Crippen LogP contribution in [0.25, 0.3) is 33.3 Å². The Balaban J connectivity index is 1.50. The number of aromatic nitrogens is 1. The smallest absolute Gasteiger partial charge is 0.229 e. The first kappa shape index (κ1) is 17.2. The maximum atomic E-state index is 12.6. The van der Waals surface area contributed by atoms with Gasteiger partial charge in [-0.2, -0.15) is 0 Å². The first-order chi connectivity index (χ1) is 14.3. The third kappa shape index (κ3) is 3.36. The number of amides is 1. The summed E-state index contributed by atoms with van der Waals surface area (Å²) in [6, 6.07) is 29.3. The fourth-order valence-corrected chi connectivity index (χ4v) is 3.53. The molecule has 5 aromatic rings. The fraction of sp³-hybridized carbons (Fsp3) is 0.0400. The van der Waals surface area contributed by atoms with E-state index in [0.29, 0.717) is 18.0 Å². The number of benzene rings is 4. The lowest BCUT2D eigenvalue weighted by Crippen LogP contribution is -2.14. The van der Waals surface area contributed by atoms with Gasteiger partial charge in [0.2, 0.25) is 11.8 Å². The van der Waals surface area contributed by atoms with E-state index in [2.05, 4.69) is 16.4 Å². The van der Waals surface area contributed by atoms with Gasteiger partial charge in [-0.1, -0.05) is 72.8 Å². The molecule has 4 heteroatoms. The van der Waals surface area contributed by atoms with Crippen molar-refractivity contribution in [3.63, 3.8) is 0 Å². The van der Waals surface area contributed by atoms with Gasteiger partial charge in [-0.3, -0.25) is 4.79 Å². The van der Waals surface area contributed by atoms with E-state index in [1.807, 2.05) is 84.9 Å². The Kier molecular flexibility index (Phi) is 4.30. The van der Waals surface area contributed by atoms with Gasteiger partial charge in [0, 0.05) is 5.39 Å². The van der Waals surface area contributed by atoms with E-state index in [0.717, 1.165) is 33.0 Å². The van der Waals surface area contributed by atoms with Crippen LogP contribution >= 0.6 is 0 Å². The van der Waals surface area contributed by atoms with Crippen molar-refractivity contribution in [2.75, 3.05) is 5.32 Å². The van der Waals surface area contributed by atoms with Crippen LogP contribution in [0.1, 0.15) is 5.56 Å². The summed E-state index contributed by atoms with van der Waals surface area (Å²) in [6.07, 6.45) is 0.313. The fourth-order valence-electron chi connectivity index (χ4n) is 3.53. The average molecular weight is 378 g/mol. The molecule has 1 aromatic heterocycles. The molecule has 0 saturated heterocycles. The highest BCUT2D eigenvalue weighted by Crippen LogP contribution is 2.33. The standard InChI is InChI=1S/C25H18N2O2/c28-23(16-17-8-2-1-3-9-17)26-21-13-7-6-12-20(21)25-27-22-15-14-18-10-4-5-11-19(18)24(22)29-25/h1-15H,16H2,(H,26,28). The average Bonchev–Trinajstić information content (AvgIpc) is 3.19. The molecule has 0 atom stereocenters. The molecule has 4 aromatic carbocycles. The number of hydrogen-bond acceptors (Lipinski definition) is 3. The molecular weight excluding hydrogens is 360 g/mol. The van der Waals surface area contributed by atoms with E-state index in [-0.39, 0.29) is 5.91 Å². The summed E-state index contributed by atoms with van der Waals surface area (Å²) in [7, 11) is 0. The van der Waals surface area contributed by atoms with Crippen LogP contribution < -0.4 is 5.32 Å². The van der Waals surface area contributed by atoms with E-state index in [1.54, 1.807) is 0 Å². The van der Waals surface area contributed by atoms with Crippen LogP contribution in [-0.4, -0.2) is 10.9 Å². The van der Waals surface area contributed by atoms with Gasteiger partial charge in [0.1, 0.15) is 5.52 Å². The molecule has 0 aliphatic heterocycles. The first-order valence-electron chi connectivity index (χ1n) is 9.49. The second-order valence-corrected chi connectivity index (χ2v) is 6.91. The van der Waals surface area contributed by atoms with Crippen molar-refractivity contribution in [3.8, 4) is 11.5 Å². The normalized spacial score (nSPS) is 11.0. The third-order valence-electron chi connectivity index (χ3n) is 4.92. The van der Waals surface area contributed by atoms with Gasteiger partial charge < -0.3 is 9.73 Å². The Hall–Kier alpha value is -3.92. The summed E-state index contributed by atoms with van der Waals surface area (Å²) >= 11 is 0. The number of carbonyl (C=O) groups excluding carboxylic acids is 1. The van der Waals surface area contributed by atoms with Crippen molar-refractivity contribution in [2.45, 2.75) is 6.42 Å². The molecule has 1 N–H and O–H groups in total. The molecular formula is C25H18N2O2. The lowest BCUT2D eigenvalue weighted by molar-refractivity contribution is -0.115. The van der Waals surface area contributed by atoms with Crippen LogP contribution in [0, 0.1) is 0 Å². The monoisotopic (exact) mass is 378 g/mol. The Morgan fingerprint density at radius 3 is 2.48 bits per heavy atom. The lowest BCUT2D eigenvalue weighted by atomic mass is 10.1. The number of rotatable bonds is 4. The van der Waals surface area contributed by atoms with Crippen LogP contribution in [0.15, 0.2) is 95.4 Å². The number of fused-ring (bicyclic) bond motifs is 3. The summed E-state index contributed by atoms with van der Waals surface area (Å²) in [4.78, 5) is 17.2. The van der Waals surface area contributed by atoms with Crippen LogP contribution in [-0.2, 0) is 11.2 Å². The van der Waals surface area contributed by atoms with Gasteiger partial charge in [-0.15, -0.1) is 0 Å². The number of nitrogens with zero attached hydrogens (tertiary/aromatic N) is 1. The first-order valence-corrected chi connectivity index (χ1v) is 9.49. The quantitative estimate of drug-likeness (QED) is 0.428. The van der Waals surface area contributed by atoms with E-state index in [4.69, 9.17) is 4.42 Å². The number of hydrogen-bond donors (Lipinski definition) is 1. The predicted molar refractivity (Wildman–Crippen MR) is 116 cm³/mol. The van der Waals surface area contributed by atoms with Crippen molar-refractivity contribution in [1.29, 1.82) is 0 Å². The third-order valence-corrected chi connectivity index (χ3v) is 4.92. The van der Waals surface area contributed by atoms with Crippen molar-refractivity contribution < 1.29 is 9.21 Å². The molecule has 0 aliphatic carbocycles. The summed E-state index contributed by atoms with van der Waals surface area (Å²) in [6.45, 7) is 0. The lowest BCUT2D eigenvalue weighted by Gasteiger charge is -2.09. The summed E-state index contributed by atoms with van der Waals surface area (Å²) < 4.78 is 6.15. The highest BCUT2D eigenvalue weighted by atomic mass is 16.3. The SMILES string of the molecule is O=C(Cc1ccccc1)Nc1ccccc1-c1nc2ccc3ccccc3c2o1. The zero-order valence-corrected chi connectivity index (χ0v) is 15.6. The van der Waals surface area contributed by atoms with Crippen molar-refractivity contribution in [2.24, 2.45) is 0 Å². The van der Waals surface area contributed by atoms with Gasteiger partial charge in [-0.25, -0.2) is 4.98 Å². The zero-order chi connectivity index (χ0) is 19.6. The molecule has 0 radical (unpaired) electrons. The molecule has 0 bridgehead atoms. The number of carbonyl (C=O) groups is 1. The summed E-state index contributed by atoms with van der Waals surface area (Å²) in [5, 5.41) is 5.13. The van der Waals surface area contributed by atoms with Crippen molar-refractivity contribution >= 4 is 33.5 Å².